The van der Waals surface area contributed by atoms with Crippen molar-refractivity contribution < 1.29 is 0 Å². The molecule has 0 spiro atoms. The Morgan fingerprint density at radius 3 is 2.94 bits per heavy atom. The number of hydrogen-bond acceptors (Lipinski definition) is 4. The smallest absolute Gasteiger partial charge is 0.157 e. The lowest BCUT2D eigenvalue weighted by Crippen LogP contribution is -2.56. The number of likely N-dealkylation sites (N-methyl/N-ethyl adjacent to an activating group) is 1. The van der Waals surface area contributed by atoms with E-state index in [4.69, 9.17) is 0 Å². The average Bonchev–Trinajstić information content (AvgIpc) is 2.60. The van der Waals surface area contributed by atoms with Crippen molar-refractivity contribution in [3.8, 4) is 0 Å². The van der Waals surface area contributed by atoms with Gasteiger partial charge in [0.1, 0.15) is 12.1 Å². The van der Waals surface area contributed by atoms with E-state index in [2.05, 4.69) is 40.3 Å². The number of pyridine rings is 1. The van der Waals surface area contributed by atoms with Gasteiger partial charge in [-0.05, 0) is 24.6 Å². The Labute approximate surface area is 94.1 Å². The maximum atomic E-state index is 4.27. The Bertz CT molecular complexity index is 514. The van der Waals surface area contributed by atoms with Gasteiger partial charge < -0.3 is 10.2 Å². The van der Waals surface area contributed by atoms with Crippen LogP contribution in [0.2, 0.25) is 0 Å². The highest BCUT2D eigenvalue weighted by Crippen LogP contribution is 2.19. The van der Waals surface area contributed by atoms with E-state index in [1.54, 1.807) is 6.33 Å². The number of aromatic nitrogens is 3. The molecule has 0 aromatic carbocycles. The van der Waals surface area contributed by atoms with Gasteiger partial charge in [0.15, 0.2) is 5.65 Å². The Morgan fingerprint density at radius 2 is 2.25 bits per heavy atom. The number of anilines is 1. The van der Waals surface area contributed by atoms with Gasteiger partial charge in [0.2, 0.25) is 0 Å². The molecule has 1 aliphatic heterocycles. The van der Waals surface area contributed by atoms with Gasteiger partial charge in [0, 0.05) is 20.1 Å². The Balaban J connectivity index is 2.09. The predicted octanol–water partition coefficient (Wildman–Crippen LogP) is 0.446. The fourth-order valence-electron chi connectivity index (χ4n) is 2.02. The highest BCUT2D eigenvalue weighted by atomic mass is 15.4. The van der Waals surface area contributed by atoms with Crippen molar-refractivity contribution in [3.05, 3.63) is 24.0 Å². The molecule has 5 heteroatoms. The molecule has 1 N–H and O–H groups in total. The maximum Gasteiger partial charge on any atom is 0.157 e. The lowest BCUT2D eigenvalue weighted by molar-refractivity contribution is 0.425. The second kappa shape index (κ2) is 3.45. The average molecular weight is 217 g/mol. The Hall–Kier alpha value is -1.62. The SMILES string of the molecule is Cc1cc(N(C)C2CNC2)n2ncnc2c1. The number of rotatable bonds is 2. The summed E-state index contributed by atoms with van der Waals surface area (Å²) in [5, 5.41) is 7.55. The minimum absolute atomic E-state index is 0.564. The summed E-state index contributed by atoms with van der Waals surface area (Å²) in [4.78, 5) is 6.50. The van der Waals surface area contributed by atoms with Gasteiger partial charge >= 0.3 is 0 Å². The number of aryl methyl sites for hydroxylation is 1. The van der Waals surface area contributed by atoms with Gasteiger partial charge in [-0.25, -0.2) is 4.98 Å². The third-order valence-electron chi connectivity index (χ3n) is 3.17. The van der Waals surface area contributed by atoms with Crippen molar-refractivity contribution in [2.45, 2.75) is 13.0 Å². The predicted molar refractivity (Wildman–Crippen MR) is 62.8 cm³/mol. The second-order valence-corrected chi connectivity index (χ2v) is 4.34. The summed E-state index contributed by atoms with van der Waals surface area (Å²) in [6.07, 6.45) is 1.60. The van der Waals surface area contributed by atoms with E-state index >= 15 is 0 Å². The zero-order valence-electron chi connectivity index (χ0n) is 9.51. The molecule has 1 saturated heterocycles. The summed E-state index contributed by atoms with van der Waals surface area (Å²) in [6.45, 7) is 4.17. The van der Waals surface area contributed by atoms with Crippen LogP contribution in [0.5, 0.6) is 0 Å². The topological polar surface area (TPSA) is 45.5 Å². The molecular formula is C11H15N5. The number of nitrogens with one attached hydrogen (secondary N) is 1. The lowest BCUT2D eigenvalue weighted by atomic mass is 10.1. The molecule has 0 atom stereocenters. The van der Waals surface area contributed by atoms with Crippen molar-refractivity contribution in [2.24, 2.45) is 0 Å². The molecule has 1 aliphatic rings. The Morgan fingerprint density at radius 1 is 1.44 bits per heavy atom. The van der Waals surface area contributed by atoms with E-state index in [9.17, 15) is 0 Å². The number of hydrogen-bond donors (Lipinski definition) is 1. The third-order valence-corrected chi connectivity index (χ3v) is 3.17. The molecule has 84 valence electrons. The van der Waals surface area contributed by atoms with Crippen molar-refractivity contribution in [1.29, 1.82) is 0 Å². The monoisotopic (exact) mass is 217 g/mol. The molecule has 0 bridgehead atoms. The van der Waals surface area contributed by atoms with Gasteiger partial charge in [-0.2, -0.15) is 9.61 Å². The summed E-state index contributed by atoms with van der Waals surface area (Å²) < 4.78 is 1.89. The van der Waals surface area contributed by atoms with Crippen LogP contribution >= 0.6 is 0 Å². The fraction of sp³-hybridized carbons (Fsp3) is 0.455. The summed E-state index contributed by atoms with van der Waals surface area (Å²) in [5.74, 6) is 1.11. The summed E-state index contributed by atoms with van der Waals surface area (Å²) in [5.41, 5.74) is 2.13. The van der Waals surface area contributed by atoms with E-state index in [0.717, 1.165) is 24.6 Å². The molecule has 0 unspecified atom stereocenters. The number of nitrogens with zero attached hydrogens (tertiary/aromatic N) is 4. The molecule has 2 aromatic rings. The first-order chi connectivity index (χ1) is 7.75. The molecular weight excluding hydrogens is 202 g/mol. The first-order valence-electron chi connectivity index (χ1n) is 5.49. The standard InChI is InChI=1S/C11H15N5/c1-8-3-10-13-7-14-16(10)11(4-8)15(2)9-5-12-6-9/h3-4,7,9,12H,5-6H2,1-2H3. The van der Waals surface area contributed by atoms with E-state index < -0.39 is 0 Å². The fourth-order valence-corrected chi connectivity index (χ4v) is 2.02. The third kappa shape index (κ3) is 1.36. The summed E-state index contributed by atoms with van der Waals surface area (Å²) >= 11 is 0. The van der Waals surface area contributed by atoms with Gasteiger partial charge in [0.05, 0.1) is 6.04 Å². The van der Waals surface area contributed by atoms with Gasteiger partial charge in [-0.3, -0.25) is 0 Å². The summed E-state index contributed by atoms with van der Waals surface area (Å²) in [6, 6.07) is 4.76. The van der Waals surface area contributed by atoms with E-state index in [-0.39, 0.29) is 0 Å². The zero-order valence-corrected chi connectivity index (χ0v) is 9.51. The lowest BCUT2D eigenvalue weighted by Gasteiger charge is -2.37. The van der Waals surface area contributed by atoms with Crippen molar-refractivity contribution in [3.63, 3.8) is 0 Å². The molecule has 0 saturated carbocycles. The normalized spacial score (nSPS) is 16.4. The molecule has 0 aliphatic carbocycles. The summed E-state index contributed by atoms with van der Waals surface area (Å²) in [7, 11) is 2.11. The van der Waals surface area contributed by atoms with Crippen LogP contribution in [0.15, 0.2) is 18.5 Å². The van der Waals surface area contributed by atoms with Crippen LogP contribution in [0.4, 0.5) is 5.82 Å². The molecule has 0 amide bonds. The zero-order chi connectivity index (χ0) is 11.1. The first-order valence-corrected chi connectivity index (χ1v) is 5.49. The second-order valence-electron chi connectivity index (χ2n) is 4.34. The van der Waals surface area contributed by atoms with Crippen molar-refractivity contribution in [1.82, 2.24) is 19.9 Å². The molecule has 16 heavy (non-hydrogen) atoms. The number of fused-ring (bicyclic) bond motifs is 1. The van der Waals surface area contributed by atoms with E-state index in [1.807, 2.05) is 10.6 Å². The van der Waals surface area contributed by atoms with Crippen LogP contribution in [-0.2, 0) is 0 Å². The molecule has 5 nitrogen and oxygen atoms in total. The van der Waals surface area contributed by atoms with E-state index in [1.165, 1.54) is 5.56 Å². The molecule has 3 rings (SSSR count). The van der Waals surface area contributed by atoms with Crippen molar-refractivity contribution in [2.75, 3.05) is 25.0 Å². The van der Waals surface area contributed by atoms with Crippen LogP contribution in [0, 0.1) is 6.92 Å². The quantitative estimate of drug-likeness (QED) is 0.793. The van der Waals surface area contributed by atoms with Crippen LogP contribution in [0.1, 0.15) is 5.56 Å². The molecule has 1 fully saturated rings. The molecule has 2 aromatic heterocycles. The highest BCUT2D eigenvalue weighted by molar-refractivity contribution is 5.53. The molecule has 3 heterocycles. The minimum atomic E-state index is 0.564. The Kier molecular flexibility index (Phi) is 2.07. The maximum absolute atomic E-state index is 4.27. The van der Waals surface area contributed by atoms with Crippen LogP contribution < -0.4 is 10.2 Å². The first kappa shape index (κ1) is 9.59. The largest absolute Gasteiger partial charge is 0.354 e. The van der Waals surface area contributed by atoms with Crippen molar-refractivity contribution >= 4 is 11.5 Å². The minimum Gasteiger partial charge on any atom is -0.354 e. The van der Waals surface area contributed by atoms with E-state index in [0.29, 0.717) is 6.04 Å². The van der Waals surface area contributed by atoms with Gasteiger partial charge in [-0.15, -0.1) is 0 Å². The van der Waals surface area contributed by atoms with Crippen LogP contribution in [0.3, 0.4) is 0 Å². The van der Waals surface area contributed by atoms with Gasteiger partial charge in [-0.1, -0.05) is 0 Å². The van der Waals surface area contributed by atoms with Crippen LogP contribution in [-0.4, -0.2) is 40.8 Å². The van der Waals surface area contributed by atoms with Crippen LogP contribution in [0.25, 0.3) is 5.65 Å². The highest BCUT2D eigenvalue weighted by Gasteiger charge is 2.23. The molecule has 0 radical (unpaired) electrons. The van der Waals surface area contributed by atoms with Gasteiger partial charge in [0.25, 0.3) is 0 Å².